The maximum Gasteiger partial charge on any atom is 0.238 e. The van der Waals surface area contributed by atoms with E-state index in [1.165, 1.54) is 11.8 Å². The van der Waals surface area contributed by atoms with Crippen LogP contribution < -0.4 is 11.3 Å². The van der Waals surface area contributed by atoms with Crippen molar-refractivity contribution >= 4 is 49.6 Å². The van der Waals surface area contributed by atoms with Crippen LogP contribution in [-0.2, 0) is 0 Å². The fourth-order valence-corrected chi connectivity index (χ4v) is 2.96. The summed E-state index contributed by atoms with van der Waals surface area (Å²) >= 11 is 8.38. The molecule has 0 atom stereocenters. The molecular weight excluding hydrogens is 368 g/mol. The second-order valence-corrected chi connectivity index (χ2v) is 5.88. The Bertz CT molecular complexity index is 535. The predicted octanol–water partition coefficient (Wildman–Crippen LogP) is 3.44. The molecule has 17 heavy (non-hydrogen) atoms. The van der Waals surface area contributed by atoms with Gasteiger partial charge < -0.3 is 0 Å². The van der Waals surface area contributed by atoms with E-state index in [4.69, 9.17) is 5.84 Å². The van der Waals surface area contributed by atoms with Crippen LogP contribution in [0.1, 0.15) is 0 Å². The highest BCUT2D eigenvalue weighted by atomic mass is 79.9. The van der Waals surface area contributed by atoms with Gasteiger partial charge in [-0.2, -0.15) is 0 Å². The number of hydrogen-bond acceptors (Lipinski definition) is 5. The Morgan fingerprint density at radius 3 is 2.82 bits per heavy atom. The number of rotatable bonds is 3. The number of hydrazine groups is 1. The highest BCUT2D eigenvalue weighted by Crippen LogP contribution is 2.33. The Kier molecular flexibility index (Phi) is 4.38. The van der Waals surface area contributed by atoms with Crippen LogP contribution in [0.4, 0.5) is 5.95 Å². The number of aromatic nitrogens is 2. The maximum absolute atomic E-state index is 5.28. The molecule has 2 aromatic rings. The van der Waals surface area contributed by atoms with E-state index < -0.39 is 0 Å². The normalized spacial score (nSPS) is 10.3. The van der Waals surface area contributed by atoms with Gasteiger partial charge in [-0.3, -0.25) is 5.43 Å². The summed E-state index contributed by atoms with van der Waals surface area (Å²) in [6.07, 6.45) is 1.67. The van der Waals surface area contributed by atoms with Crippen molar-refractivity contribution in [1.29, 1.82) is 0 Å². The van der Waals surface area contributed by atoms with Gasteiger partial charge in [-0.1, -0.05) is 33.8 Å². The summed E-state index contributed by atoms with van der Waals surface area (Å²) in [5, 5.41) is 0.811. The molecule has 0 radical (unpaired) electrons. The van der Waals surface area contributed by atoms with E-state index in [0.717, 1.165) is 18.9 Å². The number of nitrogens with zero attached hydrogens (tertiary/aromatic N) is 2. The Morgan fingerprint density at radius 1 is 1.29 bits per heavy atom. The molecule has 88 valence electrons. The number of nitrogens with two attached hydrogens (primary N) is 1. The van der Waals surface area contributed by atoms with Crippen LogP contribution in [0.2, 0.25) is 0 Å². The third kappa shape index (κ3) is 3.41. The predicted molar refractivity (Wildman–Crippen MR) is 75.8 cm³/mol. The molecule has 0 spiro atoms. The summed E-state index contributed by atoms with van der Waals surface area (Å²) in [6, 6.07) is 7.99. The van der Waals surface area contributed by atoms with Gasteiger partial charge in [-0.05, 0) is 34.1 Å². The third-order valence-corrected chi connectivity index (χ3v) is 4.18. The van der Waals surface area contributed by atoms with Gasteiger partial charge in [0.2, 0.25) is 5.95 Å². The van der Waals surface area contributed by atoms with E-state index in [1.807, 2.05) is 24.3 Å². The molecule has 0 amide bonds. The molecule has 7 heteroatoms. The Balaban J connectivity index is 2.29. The topological polar surface area (TPSA) is 63.8 Å². The fraction of sp³-hybridized carbons (Fsp3) is 0. The van der Waals surface area contributed by atoms with Gasteiger partial charge >= 0.3 is 0 Å². The zero-order chi connectivity index (χ0) is 12.3. The second kappa shape index (κ2) is 5.81. The van der Waals surface area contributed by atoms with Gasteiger partial charge in [0, 0.05) is 15.6 Å². The van der Waals surface area contributed by atoms with E-state index in [0.29, 0.717) is 5.95 Å². The molecule has 0 aliphatic carbocycles. The number of nitrogens with one attached hydrogen (secondary N) is 1. The number of hydrogen-bond donors (Lipinski definition) is 2. The first kappa shape index (κ1) is 12.8. The molecule has 3 N–H and O–H groups in total. The molecule has 2 rings (SSSR count). The van der Waals surface area contributed by atoms with E-state index in [-0.39, 0.29) is 0 Å². The molecule has 0 bridgehead atoms. The van der Waals surface area contributed by atoms with Gasteiger partial charge in [0.15, 0.2) is 0 Å². The molecule has 0 unspecified atom stereocenters. The fourth-order valence-electron chi connectivity index (χ4n) is 1.13. The summed E-state index contributed by atoms with van der Waals surface area (Å²) in [7, 11) is 0. The van der Waals surface area contributed by atoms with Crippen molar-refractivity contribution in [3.8, 4) is 0 Å². The lowest BCUT2D eigenvalue weighted by Gasteiger charge is -2.05. The van der Waals surface area contributed by atoms with Crippen molar-refractivity contribution in [2.45, 2.75) is 9.92 Å². The average Bonchev–Trinajstić information content (AvgIpc) is 2.32. The molecule has 0 saturated carbocycles. The SMILES string of the molecule is NNc1ncc(Br)c(Sc2cccc(Br)c2)n1. The number of nitrogen functional groups attached to an aromatic ring is 1. The quantitative estimate of drug-likeness (QED) is 0.488. The van der Waals surface area contributed by atoms with Crippen LogP contribution >= 0.6 is 43.6 Å². The largest absolute Gasteiger partial charge is 0.292 e. The molecule has 0 aliphatic rings. The molecule has 4 nitrogen and oxygen atoms in total. The average molecular weight is 376 g/mol. The van der Waals surface area contributed by atoms with Gasteiger partial charge in [-0.15, -0.1) is 0 Å². The molecule has 0 aliphatic heterocycles. The van der Waals surface area contributed by atoms with E-state index >= 15 is 0 Å². The lowest BCUT2D eigenvalue weighted by atomic mass is 10.4. The van der Waals surface area contributed by atoms with Crippen LogP contribution in [0.5, 0.6) is 0 Å². The smallest absolute Gasteiger partial charge is 0.238 e. The van der Waals surface area contributed by atoms with Crippen LogP contribution in [0.3, 0.4) is 0 Å². The first-order chi connectivity index (χ1) is 8.19. The van der Waals surface area contributed by atoms with Crippen LogP contribution in [0, 0.1) is 0 Å². The van der Waals surface area contributed by atoms with Gasteiger partial charge in [0.25, 0.3) is 0 Å². The lowest BCUT2D eigenvalue weighted by Crippen LogP contribution is -2.10. The molecule has 0 fully saturated rings. The van der Waals surface area contributed by atoms with Crippen molar-refractivity contribution in [3.63, 3.8) is 0 Å². The molecular formula is C10H8Br2N4S. The standard InChI is InChI=1S/C10H8Br2N4S/c11-6-2-1-3-7(4-6)17-9-8(12)5-14-10(15-9)16-13/h1-5H,13H2,(H,14,15,16). The lowest BCUT2D eigenvalue weighted by molar-refractivity contribution is 1.01. The molecule has 1 heterocycles. The van der Waals surface area contributed by atoms with Crippen LogP contribution in [0.25, 0.3) is 0 Å². The zero-order valence-electron chi connectivity index (χ0n) is 8.52. The van der Waals surface area contributed by atoms with E-state index in [9.17, 15) is 0 Å². The maximum atomic E-state index is 5.28. The Labute approximate surface area is 120 Å². The minimum Gasteiger partial charge on any atom is -0.292 e. The highest BCUT2D eigenvalue weighted by molar-refractivity contribution is 9.10. The number of halogens is 2. The molecule has 0 saturated heterocycles. The Morgan fingerprint density at radius 2 is 2.12 bits per heavy atom. The molecule has 1 aromatic carbocycles. The second-order valence-electron chi connectivity index (χ2n) is 3.05. The highest BCUT2D eigenvalue weighted by Gasteiger charge is 2.06. The molecule has 1 aromatic heterocycles. The minimum atomic E-state index is 0.394. The monoisotopic (exact) mass is 374 g/mol. The summed E-state index contributed by atoms with van der Waals surface area (Å²) in [5.74, 6) is 5.67. The van der Waals surface area contributed by atoms with Crippen molar-refractivity contribution in [2.24, 2.45) is 5.84 Å². The van der Waals surface area contributed by atoms with Gasteiger partial charge in [0.1, 0.15) is 5.03 Å². The summed E-state index contributed by atoms with van der Waals surface area (Å²) in [4.78, 5) is 9.35. The Hall–Kier alpha value is -0.630. The first-order valence-electron chi connectivity index (χ1n) is 4.61. The van der Waals surface area contributed by atoms with Gasteiger partial charge in [-0.25, -0.2) is 15.8 Å². The first-order valence-corrected chi connectivity index (χ1v) is 7.02. The van der Waals surface area contributed by atoms with Crippen LogP contribution in [-0.4, -0.2) is 9.97 Å². The summed E-state index contributed by atoms with van der Waals surface area (Å²) in [5.41, 5.74) is 2.43. The van der Waals surface area contributed by atoms with Gasteiger partial charge in [0.05, 0.1) is 4.47 Å². The van der Waals surface area contributed by atoms with Crippen molar-refractivity contribution < 1.29 is 0 Å². The summed E-state index contributed by atoms with van der Waals surface area (Å²) < 4.78 is 1.87. The minimum absolute atomic E-state index is 0.394. The van der Waals surface area contributed by atoms with Crippen molar-refractivity contribution in [3.05, 3.63) is 39.4 Å². The number of anilines is 1. The van der Waals surface area contributed by atoms with E-state index in [1.54, 1.807) is 6.20 Å². The van der Waals surface area contributed by atoms with Crippen LogP contribution in [0.15, 0.2) is 49.3 Å². The third-order valence-electron chi connectivity index (χ3n) is 1.85. The summed E-state index contributed by atoms with van der Waals surface area (Å²) in [6.45, 7) is 0. The van der Waals surface area contributed by atoms with E-state index in [2.05, 4.69) is 47.3 Å². The van der Waals surface area contributed by atoms with Crippen molar-refractivity contribution in [2.75, 3.05) is 5.43 Å². The zero-order valence-corrected chi connectivity index (χ0v) is 12.5. The van der Waals surface area contributed by atoms with Crippen molar-refractivity contribution in [1.82, 2.24) is 9.97 Å². The number of benzene rings is 1.